The first-order valence-electron chi connectivity index (χ1n) is 4.40. The summed E-state index contributed by atoms with van der Waals surface area (Å²) in [5, 5.41) is 5.54. The molecule has 0 unspecified atom stereocenters. The van der Waals surface area contributed by atoms with Gasteiger partial charge in [0.25, 0.3) is 0 Å². The lowest BCUT2D eigenvalue weighted by atomic mass is 10.2. The van der Waals surface area contributed by atoms with E-state index in [4.69, 9.17) is 4.74 Å². The molecular formula is C8H16N2O2. The van der Waals surface area contributed by atoms with Crippen molar-refractivity contribution < 1.29 is 9.53 Å². The number of ether oxygens (including phenoxy) is 1. The van der Waals surface area contributed by atoms with Crippen molar-refractivity contribution in [2.75, 3.05) is 13.2 Å². The van der Waals surface area contributed by atoms with Crippen molar-refractivity contribution in [3.63, 3.8) is 0 Å². The summed E-state index contributed by atoms with van der Waals surface area (Å²) in [6.45, 7) is 5.28. The number of hydrogen-bond donors (Lipinski definition) is 2. The first-order valence-corrected chi connectivity index (χ1v) is 4.40. The van der Waals surface area contributed by atoms with Gasteiger partial charge in [-0.05, 0) is 20.3 Å². The summed E-state index contributed by atoms with van der Waals surface area (Å²) >= 11 is 0. The van der Waals surface area contributed by atoms with Gasteiger partial charge in [0.1, 0.15) is 0 Å². The molecule has 0 bridgehead atoms. The average molecular weight is 172 g/mol. The van der Waals surface area contributed by atoms with E-state index in [1.165, 1.54) is 0 Å². The van der Waals surface area contributed by atoms with E-state index in [1.807, 2.05) is 13.8 Å². The molecular weight excluding hydrogens is 156 g/mol. The maximum absolute atomic E-state index is 11.1. The van der Waals surface area contributed by atoms with E-state index < -0.39 is 0 Å². The van der Waals surface area contributed by atoms with Crippen LogP contribution in [0.25, 0.3) is 0 Å². The Hall–Kier alpha value is -0.770. The Morgan fingerprint density at radius 2 is 2.42 bits per heavy atom. The van der Waals surface area contributed by atoms with Crippen LogP contribution < -0.4 is 10.6 Å². The number of carbonyl (C=O) groups is 1. The normalized spacial score (nSPS) is 28.5. The van der Waals surface area contributed by atoms with Crippen molar-refractivity contribution in [3.05, 3.63) is 0 Å². The molecule has 1 aliphatic heterocycles. The van der Waals surface area contributed by atoms with E-state index in [2.05, 4.69) is 10.6 Å². The first-order chi connectivity index (χ1) is 5.74. The molecule has 0 aromatic rings. The van der Waals surface area contributed by atoms with Crippen LogP contribution in [0.15, 0.2) is 0 Å². The molecule has 4 heteroatoms. The zero-order valence-electron chi connectivity index (χ0n) is 7.59. The van der Waals surface area contributed by atoms with E-state index in [9.17, 15) is 4.79 Å². The summed E-state index contributed by atoms with van der Waals surface area (Å²) in [4.78, 5) is 11.1. The number of amides is 2. The molecule has 1 fully saturated rings. The summed E-state index contributed by atoms with van der Waals surface area (Å²) in [5.41, 5.74) is 0. The number of rotatable bonds is 2. The molecule has 2 atom stereocenters. The second-order valence-corrected chi connectivity index (χ2v) is 2.97. The Balaban J connectivity index is 2.25. The summed E-state index contributed by atoms with van der Waals surface area (Å²) in [6.07, 6.45) is 1.06. The second-order valence-electron chi connectivity index (χ2n) is 2.97. The zero-order chi connectivity index (χ0) is 8.97. The van der Waals surface area contributed by atoms with Gasteiger partial charge in [0, 0.05) is 13.2 Å². The van der Waals surface area contributed by atoms with Crippen molar-refractivity contribution in [2.24, 2.45) is 0 Å². The standard InChI is InChI=1S/C8H16N2O2/c1-3-9-8(11)10-7-4-5-12-6(7)2/h6-7H,3-5H2,1-2H3,(H2,9,10,11)/t6-,7-/m1/s1. The van der Waals surface area contributed by atoms with Gasteiger partial charge in [-0.1, -0.05) is 0 Å². The first kappa shape index (κ1) is 9.32. The Labute approximate surface area is 72.7 Å². The lowest BCUT2D eigenvalue weighted by Gasteiger charge is -2.15. The molecule has 2 N–H and O–H groups in total. The van der Waals surface area contributed by atoms with Crippen LogP contribution in [0.1, 0.15) is 20.3 Å². The third kappa shape index (κ3) is 2.37. The maximum atomic E-state index is 11.1. The Morgan fingerprint density at radius 3 is 2.92 bits per heavy atom. The minimum atomic E-state index is -0.0974. The monoisotopic (exact) mass is 172 g/mol. The molecule has 0 aromatic heterocycles. The van der Waals surface area contributed by atoms with Crippen molar-refractivity contribution in [1.29, 1.82) is 0 Å². The lowest BCUT2D eigenvalue weighted by molar-refractivity contribution is 0.114. The summed E-state index contributed by atoms with van der Waals surface area (Å²) in [6, 6.07) is 0.0800. The molecule has 0 aromatic carbocycles. The van der Waals surface area contributed by atoms with Gasteiger partial charge >= 0.3 is 6.03 Å². The smallest absolute Gasteiger partial charge is 0.315 e. The fraction of sp³-hybridized carbons (Fsp3) is 0.875. The van der Waals surface area contributed by atoms with Crippen LogP contribution in [0.2, 0.25) is 0 Å². The van der Waals surface area contributed by atoms with E-state index in [0.29, 0.717) is 6.54 Å². The predicted molar refractivity (Wildman–Crippen MR) is 46.0 cm³/mol. The molecule has 70 valence electrons. The van der Waals surface area contributed by atoms with Gasteiger partial charge in [0.2, 0.25) is 0 Å². The quantitative estimate of drug-likeness (QED) is 0.636. The molecule has 0 radical (unpaired) electrons. The summed E-state index contributed by atoms with van der Waals surface area (Å²) in [5.74, 6) is 0. The van der Waals surface area contributed by atoms with Gasteiger partial charge < -0.3 is 15.4 Å². The summed E-state index contributed by atoms with van der Waals surface area (Å²) < 4.78 is 5.30. The van der Waals surface area contributed by atoms with Crippen LogP contribution in [-0.4, -0.2) is 31.3 Å². The van der Waals surface area contributed by atoms with Gasteiger partial charge in [-0.3, -0.25) is 0 Å². The highest BCUT2D eigenvalue weighted by molar-refractivity contribution is 5.74. The molecule has 0 spiro atoms. The van der Waals surface area contributed by atoms with Crippen LogP contribution in [0, 0.1) is 0 Å². The second kappa shape index (κ2) is 4.30. The van der Waals surface area contributed by atoms with Crippen molar-refractivity contribution in [3.8, 4) is 0 Å². The van der Waals surface area contributed by atoms with E-state index >= 15 is 0 Å². The highest BCUT2D eigenvalue weighted by Gasteiger charge is 2.25. The fourth-order valence-electron chi connectivity index (χ4n) is 1.30. The molecule has 12 heavy (non-hydrogen) atoms. The predicted octanol–water partition coefficient (Wildman–Crippen LogP) is 0.483. The number of hydrogen-bond acceptors (Lipinski definition) is 2. The van der Waals surface area contributed by atoms with Gasteiger partial charge in [-0.15, -0.1) is 0 Å². The Morgan fingerprint density at radius 1 is 1.67 bits per heavy atom. The number of carbonyl (C=O) groups excluding carboxylic acids is 1. The van der Waals surface area contributed by atoms with Crippen molar-refractivity contribution >= 4 is 6.03 Å². The molecule has 0 saturated carbocycles. The molecule has 0 aliphatic carbocycles. The lowest BCUT2D eigenvalue weighted by Crippen LogP contribution is -2.44. The minimum Gasteiger partial charge on any atom is -0.376 e. The van der Waals surface area contributed by atoms with Crippen LogP contribution in [0.3, 0.4) is 0 Å². The SMILES string of the molecule is CCNC(=O)N[C@@H]1CCO[C@@H]1C. The van der Waals surface area contributed by atoms with Crippen molar-refractivity contribution in [1.82, 2.24) is 10.6 Å². The number of nitrogens with one attached hydrogen (secondary N) is 2. The van der Waals surface area contributed by atoms with Gasteiger partial charge in [-0.25, -0.2) is 4.79 Å². The largest absolute Gasteiger partial charge is 0.376 e. The van der Waals surface area contributed by atoms with E-state index in [-0.39, 0.29) is 18.2 Å². The van der Waals surface area contributed by atoms with Gasteiger partial charge in [0.15, 0.2) is 0 Å². The van der Waals surface area contributed by atoms with Crippen LogP contribution in [-0.2, 0) is 4.74 Å². The minimum absolute atomic E-state index is 0.0974. The topological polar surface area (TPSA) is 50.4 Å². The molecule has 4 nitrogen and oxygen atoms in total. The van der Waals surface area contributed by atoms with Crippen LogP contribution in [0.5, 0.6) is 0 Å². The third-order valence-electron chi connectivity index (χ3n) is 2.03. The molecule has 2 amide bonds. The van der Waals surface area contributed by atoms with Gasteiger partial charge in [0.05, 0.1) is 12.1 Å². The molecule has 1 aliphatic rings. The fourth-order valence-corrected chi connectivity index (χ4v) is 1.30. The number of urea groups is 1. The zero-order valence-corrected chi connectivity index (χ0v) is 7.59. The Bertz CT molecular complexity index is 161. The Kier molecular flexibility index (Phi) is 3.34. The van der Waals surface area contributed by atoms with Crippen LogP contribution >= 0.6 is 0 Å². The highest BCUT2D eigenvalue weighted by atomic mass is 16.5. The third-order valence-corrected chi connectivity index (χ3v) is 2.03. The summed E-state index contributed by atoms with van der Waals surface area (Å²) in [7, 11) is 0. The molecule has 1 rings (SSSR count). The van der Waals surface area contributed by atoms with Gasteiger partial charge in [-0.2, -0.15) is 0 Å². The van der Waals surface area contributed by atoms with E-state index in [1.54, 1.807) is 0 Å². The van der Waals surface area contributed by atoms with Crippen molar-refractivity contribution in [2.45, 2.75) is 32.4 Å². The van der Waals surface area contributed by atoms with Crippen LogP contribution in [0.4, 0.5) is 4.79 Å². The maximum Gasteiger partial charge on any atom is 0.315 e. The highest BCUT2D eigenvalue weighted by Crippen LogP contribution is 2.11. The molecule has 1 heterocycles. The molecule has 1 saturated heterocycles. The average Bonchev–Trinajstić information content (AvgIpc) is 2.37. The van der Waals surface area contributed by atoms with E-state index in [0.717, 1.165) is 13.0 Å².